The molecule has 1 N–H and O–H groups in total. The van der Waals surface area contributed by atoms with E-state index in [2.05, 4.69) is 5.32 Å². The van der Waals surface area contributed by atoms with Crippen LogP contribution in [0.3, 0.4) is 0 Å². The normalized spacial score (nSPS) is 15.2. The molecular formula is C22H23N3O3S. The van der Waals surface area contributed by atoms with Gasteiger partial charge in [-0.25, -0.2) is 0 Å². The number of nitrogens with zero attached hydrogens (tertiary/aromatic N) is 2. The molecule has 3 amide bonds. The first-order valence-electron chi connectivity index (χ1n) is 9.14. The summed E-state index contributed by atoms with van der Waals surface area (Å²) in [4.78, 5) is 40.5. The molecule has 1 aliphatic rings. The number of imide groups is 1. The molecule has 29 heavy (non-hydrogen) atoms. The second-order valence-electron chi connectivity index (χ2n) is 7.12. The number of amides is 3. The molecule has 6 nitrogen and oxygen atoms in total. The fourth-order valence-electron chi connectivity index (χ4n) is 2.94. The van der Waals surface area contributed by atoms with Crippen molar-refractivity contribution in [1.82, 2.24) is 4.90 Å². The van der Waals surface area contributed by atoms with Crippen molar-refractivity contribution in [2.45, 2.75) is 13.8 Å². The van der Waals surface area contributed by atoms with Crippen LogP contribution in [0.25, 0.3) is 6.08 Å². The van der Waals surface area contributed by atoms with Gasteiger partial charge >= 0.3 is 0 Å². The second kappa shape index (κ2) is 8.53. The Balaban J connectivity index is 1.69. The molecule has 0 radical (unpaired) electrons. The van der Waals surface area contributed by atoms with Crippen molar-refractivity contribution in [3.63, 3.8) is 0 Å². The van der Waals surface area contributed by atoms with Crippen molar-refractivity contribution >= 4 is 46.3 Å². The van der Waals surface area contributed by atoms with Gasteiger partial charge in [-0.15, -0.1) is 0 Å². The molecule has 7 heteroatoms. The Morgan fingerprint density at radius 3 is 2.41 bits per heavy atom. The van der Waals surface area contributed by atoms with Crippen molar-refractivity contribution in [2.75, 3.05) is 30.9 Å². The third-order valence-electron chi connectivity index (χ3n) is 4.54. The number of carbonyl (C=O) groups is 3. The minimum atomic E-state index is -0.451. The standard InChI is InChI=1S/C22H23N3O3S/c1-14-5-10-18(15(2)11-14)23-20(26)13-25-21(27)19(29-22(25)28)12-16-6-8-17(9-7-16)24(3)4/h5-12H,13H2,1-4H3,(H,23,26)/b19-12+. The predicted molar refractivity (Wildman–Crippen MR) is 118 cm³/mol. The molecule has 0 saturated carbocycles. The largest absolute Gasteiger partial charge is 0.378 e. The van der Waals surface area contributed by atoms with Crippen molar-refractivity contribution in [2.24, 2.45) is 0 Å². The lowest BCUT2D eigenvalue weighted by molar-refractivity contribution is -0.127. The number of carbonyl (C=O) groups excluding carboxylic acids is 3. The van der Waals surface area contributed by atoms with Gasteiger partial charge in [-0.2, -0.15) is 0 Å². The zero-order valence-electron chi connectivity index (χ0n) is 16.9. The summed E-state index contributed by atoms with van der Waals surface area (Å²) in [5.74, 6) is -0.858. The van der Waals surface area contributed by atoms with Gasteiger partial charge in [0.15, 0.2) is 0 Å². The molecule has 0 spiro atoms. The molecule has 150 valence electrons. The smallest absolute Gasteiger partial charge is 0.294 e. The van der Waals surface area contributed by atoms with E-state index in [1.165, 1.54) is 0 Å². The van der Waals surface area contributed by atoms with E-state index >= 15 is 0 Å². The summed E-state index contributed by atoms with van der Waals surface area (Å²) in [7, 11) is 3.90. The van der Waals surface area contributed by atoms with Gasteiger partial charge in [0.1, 0.15) is 6.54 Å². The number of anilines is 2. The summed E-state index contributed by atoms with van der Waals surface area (Å²) >= 11 is 0.849. The topological polar surface area (TPSA) is 69.7 Å². The molecule has 1 saturated heterocycles. The van der Waals surface area contributed by atoms with Gasteiger partial charge in [-0.05, 0) is 61.0 Å². The molecule has 0 atom stereocenters. The Bertz CT molecular complexity index is 997. The van der Waals surface area contributed by atoms with Crippen LogP contribution in [0.4, 0.5) is 16.2 Å². The Morgan fingerprint density at radius 1 is 1.10 bits per heavy atom. The lowest BCUT2D eigenvalue weighted by Crippen LogP contribution is -2.36. The monoisotopic (exact) mass is 409 g/mol. The van der Waals surface area contributed by atoms with Crippen molar-refractivity contribution in [3.05, 3.63) is 64.1 Å². The maximum absolute atomic E-state index is 12.6. The van der Waals surface area contributed by atoms with Crippen LogP contribution < -0.4 is 10.2 Å². The van der Waals surface area contributed by atoms with Gasteiger partial charge in [0.05, 0.1) is 4.91 Å². The molecule has 0 unspecified atom stereocenters. The zero-order chi connectivity index (χ0) is 21.1. The first kappa shape index (κ1) is 20.7. The van der Waals surface area contributed by atoms with Crippen LogP contribution in [-0.4, -0.2) is 42.6 Å². The van der Waals surface area contributed by atoms with Crippen LogP contribution in [0, 0.1) is 13.8 Å². The van der Waals surface area contributed by atoms with Crippen molar-refractivity contribution < 1.29 is 14.4 Å². The van der Waals surface area contributed by atoms with E-state index in [1.807, 2.05) is 75.3 Å². The van der Waals surface area contributed by atoms with Gasteiger partial charge in [-0.1, -0.05) is 29.8 Å². The first-order chi connectivity index (χ1) is 13.7. The highest BCUT2D eigenvalue weighted by molar-refractivity contribution is 8.18. The number of nitrogens with one attached hydrogen (secondary N) is 1. The van der Waals surface area contributed by atoms with Crippen LogP contribution in [0.5, 0.6) is 0 Å². The minimum absolute atomic E-state index is 0.311. The molecule has 0 bridgehead atoms. The van der Waals surface area contributed by atoms with Crippen LogP contribution in [0.15, 0.2) is 47.4 Å². The number of hydrogen-bond acceptors (Lipinski definition) is 5. The van der Waals surface area contributed by atoms with E-state index in [-0.39, 0.29) is 6.54 Å². The van der Waals surface area contributed by atoms with Crippen LogP contribution in [0.1, 0.15) is 16.7 Å². The molecular weight excluding hydrogens is 386 g/mol. The maximum atomic E-state index is 12.6. The van der Waals surface area contributed by atoms with Crippen molar-refractivity contribution in [1.29, 1.82) is 0 Å². The van der Waals surface area contributed by atoms with E-state index in [1.54, 1.807) is 6.08 Å². The van der Waals surface area contributed by atoms with E-state index in [0.29, 0.717) is 10.6 Å². The second-order valence-corrected chi connectivity index (χ2v) is 8.11. The molecule has 1 heterocycles. The fourth-order valence-corrected chi connectivity index (χ4v) is 3.78. The molecule has 1 aliphatic heterocycles. The lowest BCUT2D eigenvalue weighted by atomic mass is 10.1. The van der Waals surface area contributed by atoms with Gasteiger partial charge in [0, 0.05) is 25.5 Å². The Kier molecular flexibility index (Phi) is 6.08. The van der Waals surface area contributed by atoms with Gasteiger partial charge in [0.2, 0.25) is 5.91 Å². The third-order valence-corrected chi connectivity index (χ3v) is 5.45. The molecule has 0 aromatic heterocycles. The summed E-state index contributed by atoms with van der Waals surface area (Å²) in [5.41, 5.74) is 4.55. The molecule has 2 aromatic rings. The van der Waals surface area contributed by atoms with E-state index in [0.717, 1.165) is 39.0 Å². The lowest BCUT2D eigenvalue weighted by Gasteiger charge is -2.14. The molecule has 0 aliphatic carbocycles. The Hall–Kier alpha value is -3.06. The third kappa shape index (κ3) is 4.86. The summed E-state index contributed by atoms with van der Waals surface area (Å²) < 4.78 is 0. The summed E-state index contributed by atoms with van der Waals surface area (Å²) in [6, 6.07) is 13.3. The summed E-state index contributed by atoms with van der Waals surface area (Å²) in [6.45, 7) is 3.56. The van der Waals surface area contributed by atoms with Gasteiger partial charge in [-0.3, -0.25) is 19.3 Å². The minimum Gasteiger partial charge on any atom is -0.378 e. The van der Waals surface area contributed by atoms with Gasteiger partial charge < -0.3 is 10.2 Å². The highest BCUT2D eigenvalue weighted by Crippen LogP contribution is 2.32. The van der Waals surface area contributed by atoms with Crippen LogP contribution in [0.2, 0.25) is 0 Å². The SMILES string of the molecule is Cc1ccc(NC(=O)CN2C(=O)S/C(=C/c3ccc(N(C)C)cc3)C2=O)c(C)c1. The van der Waals surface area contributed by atoms with E-state index in [4.69, 9.17) is 0 Å². The highest BCUT2D eigenvalue weighted by atomic mass is 32.2. The quantitative estimate of drug-likeness (QED) is 0.755. The molecule has 1 fully saturated rings. The number of rotatable bonds is 5. The summed E-state index contributed by atoms with van der Waals surface area (Å²) in [6.07, 6.45) is 1.67. The average Bonchev–Trinajstić information content (AvgIpc) is 2.92. The van der Waals surface area contributed by atoms with Crippen molar-refractivity contribution in [3.8, 4) is 0 Å². The molecule has 2 aromatic carbocycles. The fraction of sp³-hybridized carbons (Fsp3) is 0.227. The zero-order valence-corrected chi connectivity index (χ0v) is 17.7. The number of benzene rings is 2. The van der Waals surface area contributed by atoms with E-state index in [9.17, 15) is 14.4 Å². The maximum Gasteiger partial charge on any atom is 0.294 e. The van der Waals surface area contributed by atoms with Crippen LogP contribution in [-0.2, 0) is 9.59 Å². The van der Waals surface area contributed by atoms with E-state index < -0.39 is 17.1 Å². The Labute approximate surface area is 174 Å². The van der Waals surface area contributed by atoms with Gasteiger partial charge in [0.25, 0.3) is 11.1 Å². The highest BCUT2D eigenvalue weighted by Gasteiger charge is 2.36. The average molecular weight is 410 g/mol. The first-order valence-corrected chi connectivity index (χ1v) is 9.96. The number of aryl methyl sites for hydroxylation is 2. The number of hydrogen-bond donors (Lipinski definition) is 1. The number of thioether (sulfide) groups is 1. The van der Waals surface area contributed by atoms with Crippen LogP contribution >= 0.6 is 11.8 Å². The molecule has 3 rings (SSSR count). The predicted octanol–water partition coefficient (Wildman–Crippen LogP) is 4.04. The summed E-state index contributed by atoms with van der Waals surface area (Å²) in [5, 5.41) is 2.33. The Morgan fingerprint density at radius 2 is 1.79 bits per heavy atom.